The minimum atomic E-state index is -1.01. The van der Waals surface area contributed by atoms with E-state index in [0.29, 0.717) is 12.8 Å². The lowest BCUT2D eigenvalue weighted by Crippen LogP contribution is -2.38. The summed E-state index contributed by atoms with van der Waals surface area (Å²) in [7, 11) is 0. The molecule has 1 saturated carbocycles. The van der Waals surface area contributed by atoms with Gasteiger partial charge in [-0.05, 0) is 61.4 Å². The van der Waals surface area contributed by atoms with Gasteiger partial charge in [0.15, 0.2) is 17.3 Å². The molecule has 0 N–H and O–H groups in total. The van der Waals surface area contributed by atoms with Crippen molar-refractivity contribution in [2.45, 2.75) is 59.8 Å². The predicted molar refractivity (Wildman–Crippen MR) is 86.2 cm³/mol. The van der Waals surface area contributed by atoms with Gasteiger partial charge in [-0.15, -0.1) is 0 Å². The first kappa shape index (κ1) is 16.6. The molecular weight excluding hydrogens is 276 g/mol. The highest BCUT2D eigenvalue weighted by atomic mass is 16.2. The zero-order valence-electron chi connectivity index (χ0n) is 14.1. The van der Waals surface area contributed by atoms with Crippen molar-refractivity contribution in [3.63, 3.8) is 0 Å². The minimum absolute atomic E-state index is 0.0843. The molecule has 1 aliphatic rings. The molecule has 0 atom stereocenters. The molecule has 0 heterocycles. The van der Waals surface area contributed by atoms with Gasteiger partial charge in [-0.1, -0.05) is 13.0 Å². The van der Waals surface area contributed by atoms with Crippen LogP contribution in [0.25, 0.3) is 0 Å². The Kier molecular flexibility index (Phi) is 4.64. The van der Waals surface area contributed by atoms with E-state index in [0.717, 1.165) is 11.1 Å². The molecule has 3 nitrogen and oxygen atoms in total. The first-order chi connectivity index (χ1) is 10.3. The molecule has 0 spiro atoms. The van der Waals surface area contributed by atoms with E-state index in [1.54, 1.807) is 6.92 Å². The summed E-state index contributed by atoms with van der Waals surface area (Å²) >= 11 is 0. The Morgan fingerprint density at radius 3 is 2.05 bits per heavy atom. The van der Waals surface area contributed by atoms with Crippen LogP contribution in [0.3, 0.4) is 0 Å². The maximum atomic E-state index is 12.3. The average molecular weight is 300 g/mol. The standard InChI is InChI=1S/C19H24O3/c1-6-16(20)19-17(21)8-14(9-18(19)22)15-7-10(2)11(3)12(4)13(15)5/h7,14,19H,6,8-9H2,1-5H3. The third-order valence-electron chi connectivity index (χ3n) is 5.17. The van der Waals surface area contributed by atoms with Crippen molar-refractivity contribution < 1.29 is 14.4 Å². The van der Waals surface area contributed by atoms with Crippen LogP contribution < -0.4 is 0 Å². The molecule has 0 aliphatic heterocycles. The van der Waals surface area contributed by atoms with Gasteiger partial charge in [0.05, 0.1) is 0 Å². The highest BCUT2D eigenvalue weighted by Gasteiger charge is 2.40. The summed E-state index contributed by atoms with van der Waals surface area (Å²) in [6.45, 7) is 9.98. The SMILES string of the molecule is CCC(=O)C1C(=O)CC(c2cc(C)c(C)c(C)c2C)CC1=O. The number of hydrogen-bond acceptors (Lipinski definition) is 3. The highest BCUT2D eigenvalue weighted by molar-refractivity contribution is 6.20. The quantitative estimate of drug-likeness (QED) is 0.802. The van der Waals surface area contributed by atoms with Crippen LogP contribution in [0.2, 0.25) is 0 Å². The molecule has 118 valence electrons. The zero-order valence-corrected chi connectivity index (χ0v) is 14.1. The van der Waals surface area contributed by atoms with Gasteiger partial charge in [0.2, 0.25) is 0 Å². The molecule has 1 fully saturated rings. The van der Waals surface area contributed by atoms with Gasteiger partial charge in [0.1, 0.15) is 5.92 Å². The van der Waals surface area contributed by atoms with Crippen molar-refractivity contribution in [2.24, 2.45) is 5.92 Å². The van der Waals surface area contributed by atoms with E-state index >= 15 is 0 Å². The summed E-state index contributed by atoms with van der Waals surface area (Å²) in [6, 6.07) is 2.10. The summed E-state index contributed by atoms with van der Waals surface area (Å²) < 4.78 is 0. The second-order valence-corrected chi connectivity index (χ2v) is 6.45. The Hall–Kier alpha value is -1.77. The number of hydrogen-bond donors (Lipinski definition) is 0. The summed E-state index contributed by atoms with van der Waals surface area (Å²) in [5.74, 6) is -1.73. The molecule has 1 aliphatic carbocycles. The van der Waals surface area contributed by atoms with Crippen LogP contribution in [0.1, 0.15) is 59.9 Å². The third-order valence-corrected chi connectivity index (χ3v) is 5.17. The van der Waals surface area contributed by atoms with Crippen molar-refractivity contribution in [2.75, 3.05) is 0 Å². The largest absolute Gasteiger partial charge is 0.298 e. The molecule has 1 aromatic carbocycles. The van der Waals surface area contributed by atoms with E-state index in [4.69, 9.17) is 0 Å². The number of benzene rings is 1. The maximum absolute atomic E-state index is 12.3. The summed E-state index contributed by atoms with van der Waals surface area (Å²) in [5, 5.41) is 0. The number of carbonyl (C=O) groups is 3. The van der Waals surface area contributed by atoms with Gasteiger partial charge in [0.25, 0.3) is 0 Å². The minimum Gasteiger partial charge on any atom is -0.298 e. The second-order valence-electron chi connectivity index (χ2n) is 6.45. The van der Waals surface area contributed by atoms with Crippen molar-refractivity contribution >= 4 is 17.3 Å². The normalized spacial score (nSPS) is 22.0. The number of Topliss-reactive ketones (excluding diaryl/α,β-unsaturated/α-hetero) is 3. The lowest BCUT2D eigenvalue weighted by atomic mass is 9.73. The summed E-state index contributed by atoms with van der Waals surface area (Å²) in [5.41, 5.74) is 5.92. The van der Waals surface area contributed by atoms with Crippen molar-refractivity contribution in [3.05, 3.63) is 33.9 Å². The fourth-order valence-electron chi connectivity index (χ4n) is 3.42. The van der Waals surface area contributed by atoms with Crippen LogP contribution in [-0.4, -0.2) is 17.3 Å². The number of rotatable bonds is 3. The van der Waals surface area contributed by atoms with Gasteiger partial charge in [-0.25, -0.2) is 0 Å². The summed E-state index contributed by atoms with van der Waals surface area (Å²) in [6.07, 6.45) is 0.838. The zero-order chi connectivity index (χ0) is 16.6. The molecule has 0 radical (unpaired) electrons. The topological polar surface area (TPSA) is 51.2 Å². The Labute approximate surface area is 132 Å². The lowest BCUT2D eigenvalue weighted by molar-refractivity contribution is -0.142. The van der Waals surface area contributed by atoms with Gasteiger partial charge >= 0.3 is 0 Å². The van der Waals surface area contributed by atoms with E-state index in [-0.39, 0.29) is 29.7 Å². The summed E-state index contributed by atoms with van der Waals surface area (Å²) in [4.78, 5) is 36.4. The average Bonchev–Trinajstić information content (AvgIpc) is 2.47. The van der Waals surface area contributed by atoms with E-state index < -0.39 is 5.92 Å². The second kappa shape index (κ2) is 6.15. The monoisotopic (exact) mass is 300 g/mol. The number of carbonyl (C=O) groups excluding carboxylic acids is 3. The first-order valence-corrected chi connectivity index (χ1v) is 7.93. The van der Waals surface area contributed by atoms with Gasteiger partial charge in [0, 0.05) is 19.3 Å². The predicted octanol–water partition coefficient (Wildman–Crippen LogP) is 3.53. The first-order valence-electron chi connectivity index (χ1n) is 7.93. The van der Waals surface area contributed by atoms with Crippen LogP contribution in [-0.2, 0) is 14.4 Å². The van der Waals surface area contributed by atoms with Gasteiger partial charge in [-0.3, -0.25) is 14.4 Å². The number of aryl methyl sites for hydroxylation is 1. The molecule has 0 aromatic heterocycles. The molecule has 1 aromatic rings. The molecule has 0 amide bonds. The van der Waals surface area contributed by atoms with E-state index in [9.17, 15) is 14.4 Å². The van der Waals surface area contributed by atoms with Gasteiger partial charge in [-0.2, -0.15) is 0 Å². The Morgan fingerprint density at radius 2 is 1.55 bits per heavy atom. The Morgan fingerprint density at radius 1 is 1.00 bits per heavy atom. The van der Waals surface area contributed by atoms with Crippen molar-refractivity contribution in [3.8, 4) is 0 Å². The highest BCUT2D eigenvalue weighted by Crippen LogP contribution is 2.36. The van der Waals surface area contributed by atoms with Crippen LogP contribution in [0.4, 0.5) is 0 Å². The molecule has 0 bridgehead atoms. The molecule has 0 unspecified atom stereocenters. The molecule has 2 rings (SSSR count). The Balaban J connectivity index is 2.36. The van der Waals surface area contributed by atoms with Crippen LogP contribution in [0.5, 0.6) is 0 Å². The molecule has 0 saturated heterocycles. The van der Waals surface area contributed by atoms with Crippen LogP contribution >= 0.6 is 0 Å². The smallest absolute Gasteiger partial charge is 0.151 e. The van der Waals surface area contributed by atoms with E-state index in [1.165, 1.54) is 16.7 Å². The maximum Gasteiger partial charge on any atom is 0.151 e. The molecule has 22 heavy (non-hydrogen) atoms. The third kappa shape index (κ3) is 2.77. The van der Waals surface area contributed by atoms with Crippen molar-refractivity contribution in [1.82, 2.24) is 0 Å². The fourth-order valence-corrected chi connectivity index (χ4v) is 3.42. The Bertz CT molecular complexity index is 637. The van der Waals surface area contributed by atoms with E-state index in [1.807, 2.05) is 0 Å². The van der Waals surface area contributed by atoms with E-state index in [2.05, 4.69) is 33.8 Å². The molecule has 3 heteroatoms. The fraction of sp³-hybridized carbons (Fsp3) is 0.526. The van der Waals surface area contributed by atoms with Crippen molar-refractivity contribution in [1.29, 1.82) is 0 Å². The van der Waals surface area contributed by atoms with Gasteiger partial charge < -0.3 is 0 Å². The molecular formula is C19H24O3. The number of ketones is 3. The van der Waals surface area contributed by atoms with Crippen LogP contribution in [0.15, 0.2) is 6.07 Å². The van der Waals surface area contributed by atoms with Crippen LogP contribution in [0, 0.1) is 33.6 Å². The lowest BCUT2D eigenvalue weighted by Gasteiger charge is -2.28.